The van der Waals surface area contributed by atoms with E-state index in [1.54, 1.807) is 0 Å². The summed E-state index contributed by atoms with van der Waals surface area (Å²) >= 11 is 1.37. The standard InChI is InChI=1S/C16H21N3OS/c1-10-8-11(2)18-16(14(10)9-17)21-12(3)15(20)19-13-6-4-5-7-13/h8,12-13H,4-7H2,1-3H3,(H,19,20)/t12-/m1/s1. The van der Waals surface area contributed by atoms with Crippen molar-refractivity contribution in [2.75, 3.05) is 0 Å². The Morgan fingerprint density at radius 1 is 1.48 bits per heavy atom. The molecule has 0 unspecified atom stereocenters. The predicted octanol–water partition coefficient (Wildman–Crippen LogP) is 3.11. The molecule has 5 heteroatoms. The van der Waals surface area contributed by atoms with Gasteiger partial charge >= 0.3 is 0 Å². The molecular weight excluding hydrogens is 282 g/mol. The van der Waals surface area contributed by atoms with Gasteiger partial charge in [-0.1, -0.05) is 24.6 Å². The Hall–Kier alpha value is -1.54. The van der Waals surface area contributed by atoms with Crippen molar-refractivity contribution in [3.8, 4) is 6.07 Å². The first-order valence-corrected chi connectivity index (χ1v) is 8.24. The summed E-state index contributed by atoms with van der Waals surface area (Å²) in [6.45, 7) is 5.68. The summed E-state index contributed by atoms with van der Waals surface area (Å²) in [6, 6.07) is 4.41. The molecule has 1 aromatic heterocycles. The van der Waals surface area contributed by atoms with Gasteiger partial charge in [0, 0.05) is 11.7 Å². The van der Waals surface area contributed by atoms with Crippen LogP contribution in [0.4, 0.5) is 0 Å². The minimum atomic E-state index is -0.244. The van der Waals surface area contributed by atoms with Gasteiger partial charge in [-0.15, -0.1) is 0 Å². The van der Waals surface area contributed by atoms with E-state index in [1.807, 2.05) is 26.8 Å². The molecule has 0 saturated heterocycles. The van der Waals surface area contributed by atoms with Crippen molar-refractivity contribution in [1.29, 1.82) is 5.26 Å². The van der Waals surface area contributed by atoms with Crippen LogP contribution in [0.5, 0.6) is 0 Å². The van der Waals surface area contributed by atoms with Gasteiger partial charge in [0.25, 0.3) is 0 Å². The molecule has 1 heterocycles. The van der Waals surface area contributed by atoms with Crippen LogP contribution in [0.25, 0.3) is 0 Å². The number of pyridine rings is 1. The number of aryl methyl sites for hydroxylation is 2. The fraction of sp³-hybridized carbons (Fsp3) is 0.562. The highest BCUT2D eigenvalue weighted by Crippen LogP contribution is 2.28. The van der Waals surface area contributed by atoms with Gasteiger partial charge in [0.1, 0.15) is 11.1 Å². The number of amides is 1. The predicted molar refractivity (Wildman–Crippen MR) is 84.1 cm³/mol. The zero-order valence-corrected chi connectivity index (χ0v) is 13.6. The fourth-order valence-electron chi connectivity index (χ4n) is 2.63. The van der Waals surface area contributed by atoms with Crippen molar-refractivity contribution >= 4 is 17.7 Å². The van der Waals surface area contributed by atoms with E-state index in [2.05, 4.69) is 16.4 Å². The average molecular weight is 303 g/mol. The second-order valence-electron chi connectivity index (χ2n) is 5.62. The van der Waals surface area contributed by atoms with E-state index in [0.717, 1.165) is 24.1 Å². The molecule has 112 valence electrons. The van der Waals surface area contributed by atoms with Gasteiger partial charge in [-0.3, -0.25) is 4.79 Å². The number of hydrogen-bond donors (Lipinski definition) is 1. The Morgan fingerprint density at radius 3 is 2.76 bits per heavy atom. The molecule has 0 radical (unpaired) electrons. The van der Waals surface area contributed by atoms with Crippen molar-refractivity contribution in [3.63, 3.8) is 0 Å². The number of nitriles is 1. The Balaban J connectivity index is 2.06. The van der Waals surface area contributed by atoms with E-state index in [4.69, 9.17) is 0 Å². The zero-order chi connectivity index (χ0) is 15.4. The average Bonchev–Trinajstić information content (AvgIpc) is 2.91. The maximum atomic E-state index is 12.2. The summed E-state index contributed by atoms with van der Waals surface area (Å²) in [6.07, 6.45) is 4.55. The SMILES string of the molecule is Cc1cc(C)c(C#N)c(S[C@H](C)C(=O)NC2CCCC2)n1. The number of nitrogens with zero attached hydrogens (tertiary/aromatic N) is 2. The molecule has 1 amide bonds. The number of carbonyl (C=O) groups excluding carboxylic acids is 1. The molecule has 1 aliphatic rings. The molecule has 1 saturated carbocycles. The van der Waals surface area contributed by atoms with E-state index in [-0.39, 0.29) is 11.2 Å². The van der Waals surface area contributed by atoms with Crippen molar-refractivity contribution in [1.82, 2.24) is 10.3 Å². The van der Waals surface area contributed by atoms with Gasteiger partial charge in [0.15, 0.2) is 0 Å². The van der Waals surface area contributed by atoms with Crippen LogP contribution in [0, 0.1) is 25.2 Å². The van der Waals surface area contributed by atoms with Crippen LogP contribution < -0.4 is 5.32 Å². The number of hydrogen-bond acceptors (Lipinski definition) is 4. The molecule has 21 heavy (non-hydrogen) atoms. The molecule has 0 spiro atoms. The Labute approximate surface area is 130 Å². The summed E-state index contributed by atoms with van der Waals surface area (Å²) in [5.74, 6) is 0.0387. The highest BCUT2D eigenvalue weighted by atomic mass is 32.2. The molecule has 1 atom stereocenters. The molecule has 1 fully saturated rings. The molecular formula is C16H21N3OS. The quantitative estimate of drug-likeness (QED) is 0.868. The highest BCUT2D eigenvalue weighted by molar-refractivity contribution is 8.00. The molecule has 0 bridgehead atoms. The Bertz CT molecular complexity index is 574. The Morgan fingerprint density at radius 2 is 2.14 bits per heavy atom. The number of aromatic nitrogens is 1. The van der Waals surface area contributed by atoms with Crippen molar-refractivity contribution in [3.05, 3.63) is 22.9 Å². The fourth-order valence-corrected chi connectivity index (χ4v) is 3.66. The lowest BCUT2D eigenvalue weighted by atomic mass is 10.1. The van der Waals surface area contributed by atoms with Gasteiger partial charge in [-0.2, -0.15) is 5.26 Å². The second-order valence-corrected chi connectivity index (χ2v) is 6.95. The summed E-state index contributed by atoms with van der Waals surface area (Å²) < 4.78 is 0. The third-order valence-corrected chi connectivity index (χ3v) is 4.87. The van der Waals surface area contributed by atoms with E-state index in [9.17, 15) is 10.1 Å². The van der Waals surface area contributed by atoms with Crippen LogP contribution in [-0.2, 0) is 4.79 Å². The number of carbonyl (C=O) groups is 1. The van der Waals surface area contributed by atoms with Gasteiger partial charge < -0.3 is 5.32 Å². The van der Waals surface area contributed by atoms with Crippen molar-refractivity contribution in [2.45, 2.75) is 62.8 Å². The molecule has 1 aliphatic carbocycles. The maximum Gasteiger partial charge on any atom is 0.233 e. The molecule has 2 rings (SSSR count). The lowest BCUT2D eigenvalue weighted by molar-refractivity contribution is -0.120. The summed E-state index contributed by atoms with van der Waals surface area (Å²) in [5.41, 5.74) is 2.36. The van der Waals surface area contributed by atoms with Crippen LogP contribution >= 0.6 is 11.8 Å². The molecule has 0 aliphatic heterocycles. The summed E-state index contributed by atoms with van der Waals surface area (Å²) in [5, 5.41) is 12.8. The normalized spacial score (nSPS) is 16.5. The lowest BCUT2D eigenvalue weighted by Gasteiger charge is -2.17. The van der Waals surface area contributed by atoms with Gasteiger partial charge in [0.2, 0.25) is 5.91 Å². The van der Waals surface area contributed by atoms with Crippen LogP contribution in [0.2, 0.25) is 0 Å². The highest BCUT2D eigenvalue weighted by Gasteiger charge is 2.23. The second kappa shape index (κ2) is 6.95. The van der Waals surface area contributed by atoms with E-state index in [0.29, 0.717) is 16.6 Å². The van der Waals surface area contributed by atoms with Crippen LogP contribution in [-0.4, -0.2) is 22.2 Å². The maximum absolute atomic E-state index is 12.2. The first kappa shape index (κ1) is 15.8. The third-order valence-electron chi connectivity index (χ3n) is 3.78. The van der Waals surface area contributed by atoms with E-state index in [1.165, 1.54) is 24.6 Å². The molecule has 1 aromatic rings. The molecule has 4 nitrogen and oxygen atoms in total. The Kier molecular flexibility index (Phi) is 5.24. The lowest BCUT2D eigenvalue weighted by Crippen LogP contribution is -2.37. The van der Waals surface area contributed by atoms with E-state index < -0.39 is 0 Å². The molecule has 1 N–H and O–H groups in total. The largest absolute Gasteiger partial charge is 0.352 e. The van der Waals surface area contributed by atoms with Gasteiger partial charge in [-0.25, -0.2) is 4.98 Å². The van der Waals surface area contributed by atoms with Crippen LogP contribution in [0.15, 0.2) is 11.1 Å². The topological polar surface area (TPSA) is 65.8 Å². The third kappa shape index (κ3) is 3.98. The first-order valence-electron chi connectivity index (χ1n) is 7.36. The van der Waals surface area contributed by atoms with E-state index >= 15 is 0 Å². The monoisotopic (exact) mass is 303 g/mol. The number of rotatable bonds is 4. The minimum Gasteiger partial charge on any atom is -0.352 e. The number of thioether (sulfide) groups is 1. The van der Waals surface area contributed by atoms with Crippen LogP contribution in [0.1, 0.15) is 49.4 Å². The minimum absolute atomic E-state index is 0.0387. The van der Waals surface area contributed by atoms with Crippen molar-refractivity contribution < 1.29 is 4.79 Å². The van der Waals surface area contributed by atoms with Gasteiger partial charge in [0.05, 0.1) is 10.8 Å². The smallest absolute Gasteiger partial charge is 0.233 e. The van der Waals surface area contributed by atoms with Gasteiger partial charge in [-0.05, 0) is 45.2 Å². The van der Waals surface area contributed by atoms with Crippen LogP contribution in [0.3, 0.4) is 0 Å². The van der Waals surface area contributed by atoms with Crippen molar-refractivity contribution in [2.24, 2.45) is 0 Å². The number of nitrogens with one attached hydrogen (secondary N) is 1. The zero-order valence-electron chi connectivity index (χ0n) is 12.8. The molecule has 0 aromatic carbocycles. The summed E-state index contributed by atoms with van der Waals surface area (Å²) in [4.78, 5) is 16.6. The first-order chi connectivity index (χ1) is 10.0. The summed E-state index contributed by atoms with van der Waals surface area (Å²) in [7, 11) is 0.